The first kappa shape index (κ1) is 16.1. The molecule has 2 atom stereocenters. The molecule has 22 heavy (non-hydrogen) atoms. The van der Waals surface area contributed by atoms with Crippen LogP contribution in [0.3, 0.4) is 0 Å². The molecule has 0 spiro atoms. The summed E-state index contributed by atoms with van der Waals surface area (Å²) < 4.78 is 6.04. The molecule has 2 saturated carbocycles. The molecule has 1 saturated heterocycles. The van der Waals surface area contributed by atoms with Crippen LogP contribution in [0, 0.1) is 23.2 Å². The molecule has 1 amide bonds. The zero-order valence-electron chi connectivity index (χ0n) is 14.9. The molecule has 1 heterocycles. The highest BCUT2D eigenvalue weighted by molar-refractivity contribution is 5.68. The van der Waals surface area contributed by atoms with Crippen LogP contribution in [0.2, 0.25) is 0 Å². The minimum absolute atomic E-state index is 0.0900. The van der Waals surface area contributed by atoms with Gasteiger partial charge in [0.2, 0.25) is 0 Å². The summed E-state index contributed by atoms with van der Waals surface area (Å²) in [5.41, 5.74) is -0.250. The van der Waals surface area contributed by atoms with E-state index < -0.39 is 0 Å². The molecule has 0 radical (unpaired) electrons. The number of hydrogen-bond donors (Lipinski definition) is 0. The average Bonchev–Trinajstić information content (AvgIpc) is 2.89. The quantitative estimate of drug-likeness (QED) is 0.730. The number of nitrogens with zero attached hydrogens (tertiary/aromatic N) is 1. The third-order valence-electron chi connectivity index (χ3n) is 6.78. The number of amides is 1. The number of fused-ring (bicyclic) bond motifs is 2. The van der Waals surface area contributed by atoms with Crippen LogP contribution >= 0.6 is 0 Å². The van der Waals surface area contributed by atoms with Crippen LogP contribution in [0.15, 0.2) is 0 Å². The molecule has 2 aliphatic carbocycles. The van der Waals surface area contributed by atoms with E-state index in [1.54, 1.807) is 0 Å². The van der Waals surface area contributed by atoms with Gasteiger partial charge in [-0.2, -0.15) is 0 Å². The van der Waals surface area contributed by atoms with Crippen molar-refractivity contribution in [2.45, 2.75) is 78.2 Å². The summed E-state index contributed by atoms with van der Waals surface area (Å²) in [5, 5.41) is 0. The van der Waals surface area contributed by atoms with Gasteiger partial charge in [0.25, 0.3) is 0 Å². The third kappa shape index (κ3) is 3.00. The van der Waals surface area contributed by atoms with Crippen LogP contribution in [0.25, 0.3) is 0 Å². The number of carbonyl (C=O) groups excluding carboxylic acids is 1. The molecule has 3 heteroatoms. The number of ether oxygens (including phenoxy) is 1. The fourth-order valence-corrected chi connectivity index (χ4v) is 5.39. The number of hydrogen-bond acceptors (Lipinski definition) is 2. The molecule has 1 aliphatic heterocycles. The number of carbonyl (C=O) groups is 1. The van der Waals surface area contributed by atoms with Crippen LogP contribution in [0.4, 0.5) is 4.79 Å². The molecule has 0 aromatic heterocycles. The van der Waals surface area contributed by atoms with Crippen LogP contribution in [0.5, 0.6) is 0 Å². The van der Waals surface area contributed by atoms with Crippen LogP contribution in [-0.4, -0.2) is 29.7 Å². The maximum atomic E-state index is 12.4. The summed E-state index contributed by atoms with van der Waals surface area (Å²) in [6.45, 7) is 10.8. The molecular weight excluding hydrogens is 274 g/mol. The Morgan fingerprint density at radius 1 is 1.09 bits per heavy atom. The Balaban J connectivity index is 1.69. The molecule has 2 bridgehead atoms. The fraction of sp³-hybridized carbons (Fsp3) is 0.947. The van der Waals surface area contributed by atoms with Gasteiger partial charge in [-0.25, -0.2) is 4.79 Å². The first-order valence-electron chi connectivity index (χ1n) is 9.27. The molecule has 0 aromatic carbocycles. The Morgan fingerprint density at radius 2 is 1.64 bits per heavy atom. The van der Waals surface area contributed by atoms with Crippen LogP contribution in [0.1, 0.15) is 72.6 Å². The average molecular weight is 307 g/mol. The molecular formula is C19H33NO2. The van der Waals surface area contributed by atoms with Crippen molar-refractivity contribution in [2.24, 2.45) is 23.2 Å². The molecule has 3 nitrogen and oxygen atoms in total. The van der Waals surface area contributed by atoms with Gasteiger partial charge in [-0.15, -0.1) is 0 Å². The second-order valence-electron chi connectivity index (χ2n) is 9.09. The third-order valence-corrected chi connectivity index (χ3v) is 6.78. The second-order valence-corrected chi connectivity index (χ2v) is 9.09. The van der Waals surface area contributed by atoms with E-state index in [0.29, 0.717) is 0 Å². The zero-order valence-corrected chi connectivity index (χ0v) is 14.9. The maximum absolute atomic E-state index is 12.4. The Labute approximate surface area is 135 Å². The standard InChI is InChI=1S/C19H33NO2/c1-14-9-15-11-16(10-14)13-19(4,12-15)18(2,3)22-17(21)20-7-5-6-8-20/h14-16H,5-13H2,1-4H3. The van der Waals surface area contributed by atoms with Gasteiger partial charge in [-0.1, -0.05) is 13.8 Å². The normalized spacial score (nSPS) is 38.9. The highest BCUT2D eigenvalue weighted by atomic mass is 16.6. The maximum Gasteiger partial charge on any atom is 0.410 e. The Hall–Kier alpha value is -0.730. The van der Waals surface area contributed by atoms with Crippen molar-refractivity contribution in [2.75, 3.05) is 13.1 Å². The Kier molecular flexibility index (Phi) is 4.20. The minimum Gasteiger partial charge on any atom is -0.443 e. The summed E-state index contributed by atoms with van der Waals surface area (Å²) in [5.74, 6) is 2.54. The van der Waals surface area contributed by atoms with Gasteiger partial charge in [-0.05, 0) is 76.5 Å². The predicted octanol–water partition coefficient (Wildman–Crippen LogP) is 4.85. The van der Waals surface area contributed by atoms with Crippen molar-refractivity contribution in [1.82, 2.24) is 4.90 Å². The Morgan fingerprint density at radius 3 is 2.18 bits per heavy atom. The van der Waals surface area contributed by atoms with Gasteiger partial charge in [0.1, 0.15) is 5.60 Å². The molecule has 126 valence electrons. The smallest absolute Gasteiger partial charge is 0.410 e. The summed E-state index contributed by atoms with van der Waals surface area (Å²) in [6.07, 6.45) is 8.71. The molecule has 3 fully saturated rings. The minimum atomic E-state index is -0.371. The van der Waals surface area contributed by atoms with Crippen LogP contribution < -0.4 is 0 Å². The summed E-state index contributed by atoms with van der Waals surface area (Å²) in [4.78, 5) is 14.3. The van der Waals surface area contributed by atoms with E-state index in [1.807, 2.05) is 4.90 Å². The first-order chi connectivity index (χ1) is 10.3. The van der Waals surface area contributed by atoms with E-state index in [4.69, 9.17) is 4.74 Å². The summed E-state index contributed by atoms with van der Waals surface area (Å²) in [6, 6.07) is 0. The van der Waals surface area contributed by atoms with E-state index in [9.17, 15) is 4.79 Å². The topological polar surface area (TPSA) is 29.5 Å². The van der Waals surface area contributed by atoms with Crippen molar-refractivity contribution in [3.8, 4) is 0 Å². The first-order valence-corrected chi connectivity index (χ1v) is 9.27. The predicted molar refractivity (Wildman–Crippen MR) is 88.7 cm³/mol. The lowest BCUT2D eigenvalue weighted by Crippen LogP contribution is -2.52. The molecule has 2 unspecified atom stereocenters. The van der Waals surface area contributed by atoms with Crippen LogP contribution in [-0.2, 0) is 4.74 Å². The summed E-state index contributed by atoms with van der Waals surface area (Å²) in [7, 11) is 0. The number of rotatable bonds is 2. The molecule has 0 N–H and O–H groups in total. The highest BCUT2D eigenvalue weighted by Crippen LogP contribution is 2.55. The lowest BCUT2D eigenvalue weighted by atomic mass is 9.55. The van der Waals surface area contributed by atoms with Gasteiger partial charge in [0, 0.05) is 18.5 Å². The van der Waals surface area contributed by atoms with E-state index in [1.165, 1.54) is 32.1 Å². The van der Waals surface area contributed by atoms with E-state index in [-0.39, 0.29) is 17.1 Å². The van der Waals surface area contributed by atoms with Crippen molar-refractivity contribution >= 4 is 6.09 Å². The van der Waals surface area contributed by atoms with Crippen molar-refractivity contribution < 1.29 is 9.53 Å². The van der Waals surface area contributed by atoms with Gasteiger partial charge in [-0.3, -0.25) is 0 Å². The van der Waals surface area contributed by atoms with Gasteiger partial charge < -0.3 is 9.64 Å². The lowest BCUT2D eigenvalue weighted by Gasteiger charge is -2.53. The molecule has 3 aliphatic rings. The number of likely N-dealkylation sites (tertiary alicyclic amines) is 1. The second kappa shape index (κ2) is 5.72. The van der Waals surface area contributed by atoms with Gasteiger partial charge in [0.05, 0.1) is 0 Å². The van der Waals surface area contributed by atoms with Gasteiger partial charge >= 0.3 is 6.09 Å². The highest BCUT2D eigenvalue weighted by Gasteiger charge is 2.51. The summed E-state index contributed by atoms with van der Waals surface area (Å²) >= 11 is 0. The van der Waals surface area contributed by atoms with E-state index >= 15 is 0 Å². The lowest BCUT2D eigenvalue weighted by molar-refractivity contribution is -0.112. The Bertz CT molecular complexity index is 407. The van der Waals surface area contributed by atoms with Crippen molar-refractivity contribution in [1.29, 1.82) is 0 Å². The van der Waals surface area contributed by atoms with Crippen molar-refractivity contribution in [3.63, 3.8) is 0 Å². The molecule has 3 rings (SSSR count). The van der Waals surface area contributed by atoms with Crippen molar-refractivity contribution in [3.05, 3.63) is 0 Å². The monoisotopic (exact) mass is 307 g/mol. The van der Waals surface area contributed by atoms with E-state index in [2.05, 4.69) is 27.7 Å². The SMILES string of the molecule is CC1CC2CC(C1)CC(C)(C(C)(C)OC(=O)N1CCCC1)C2. The van der Waals surface area contributed by atoms with Gasteiger partial charge in [0.15, 0.2) is 0 Å². The van der Waals surface area contributed by atoms with E-state index in [0.717, 1.165) is 43.7 Å². The zero-order chi connectivity index (χ0) is 16.0. The fourth-order valence-electron chi connectivity index (χ4n) is 5.39. The molecule has 0 aromatic rings. The largest absolute Gasteiger partial charge is 0.443 e.